The summed E-state index contributed by atoms with van der Waals surface area (Å²) >= 11 is 0. The average Bonchev–Trinajstić information content (AvgIpc) is 3.24. The first-order valence-corrected chi connectivity index (χ1v) is 10.3. The van der Waals surface area contributed by atoms with Crippen LogP contribution in [0, 0.1) is 25.7 Å². The molecule has 0 fully saturated rings. The van der Waals surface area contributed by atoms with Gasteiger partial charge in [-0.25, -0.2) is 8.42 Å². The zero-order valence-corrected chi connectivity index (χ0v) is 16.6. The molecule has 4 rings (SSSR count). The molecule has 29 heavy (non-hydrogen) atoms. The average molecular weight is 407 g/mol. The van der Waals surface area contributed by atoms with Gasteiger partial charge in [0.2, 0.25) is 0 Å². The number of hydrogen-bond acceptors (Lipinski definition) is 5. The Balaban J connectivity index is 1.63. The Morgan fingerprint density at radius 3 is 2.69 bits per heavy atom. The van der Waals surface area contributed by atoms with Gasteiger partial charge in [0.25, 0.3) is 15.9 Å². The number of rotatable bonds is 3. The number of benzene rings is 2. The third-order valence-electron chi connectivity index (χ3n) is 4.72. The van der Waals surface area contributed by atoms with Crippen molar-refractivity contribution in [1.82, 2.24) is 10.5 Å². The molecule has 0 spiro atoms. The molecule has 0 saturated carbocycles. The Bertz CT molecular complexity index is 1300. The quantitative estimate of drug-likeness (QED) is 0.650. The zero-order valence-electron chi connectivity index (χ0n) is 15.7. The summed E-state index contributed by atoms with van der Waals surface area (Å²) in [5.41, 5.74) is 3.39. The third kappa shape index (κ3) is 3.60. The van der Waals surface area contributed by atoms with Crippen molar-refractivity contribution in [2.75, 3.05) is 4.72 Å². The Morgan fingerprint density at radius 2 is 1.93 bits per heavy atom. The Morgan fingerprint density at radius 1 is 1.14 bits per heavy atom. The molecule has 1 aliphatic heterocycles. The van der Waals surface area contributed by atoms with Gasteiger partial charge in [-0.3, -0.25) is 9.52 Å². The van der Waals surface area contributed by atoms with E-state index >= 15 is 0 Å². The minimum Gasteiger partial charge on any atom is -0.360 e. The molecule has 3 aromatic rings. The molecule has 2 heterocycles. The van der Waals surface area contributed by atoms with Crippen LogP contribution in [0.2, 0.25) is 0 Å². The van der Waals surface area contributed by atoms with Crippen LogP contribution in [0.1, 0.15) is 38.5 Å². The molecule has 7 nitrogen and oxygen atoms in total. The fraction of sp³-hybridized carbons (Fsp3) is 0.143. The second-order valence-corrected chi connectivity index (χ2v) is 8.29. The van der Waals surface area contributed by atoms with Crippen LogP contribution >= 0.6 is 0 Å². The summed E-state index contributed by atoms with van der Waals surface area (Å²) in [6, 6.07) is 11.3. The molecule has 8 heteroatoms. The number of nitrogens with zero attached hydrogens (tertiary/aromatic N) is 1. The second-order valence-electron chi connectivity index (χ2n) is 6.61. The zero-order chi connectivity index (χ0) is 20.6. The fourth-order valence-corrected chi connectivity index (χ4v) is 4.10. The van der Waals surface area contributed by atoms with Crippen LogP contribution in [-0.4, -0.2) is 19.5 Å². The molecule has 0 atom stereocenters. The van der Waals surface area contributed by atoms with Crippen molar-refractivity contribution in [2.45, 2.75) is 25.3 Å². The Hall–Kier alpha value is -3.57. The van der Waals surface area contributed by atoms with E-state index in [-0.39, 0.29) is 17.3 Å². The first-order chi connectivity index (χ1) is 13.8. The number of carbonyl (C=O) groups is 1. The lowest BCUT2D eigenvalue weighted by Gasteiger charge is -2.11. The summed E-state index contributed by atoms with van der Waals surface area (Å²) in [5.74, 6) is 6.30. The predicted octanol–water partition coefficient (Wildman–Crippen LogP) is 2.74. The highest BCUT2D eigenvalue weighted by molar-refractivity contribution is 7.92. The van der Waals surface area contributed by atoms with E-state index in [1.54, 1.807) is 37.3 Å². The molecular weight excluding hydrogens is 390 g/mol. The van der Waals surface area contributed by atoms with E-state index in [1.165, 1.54) is 12.1 Å². The molecule has 0 radical (unpaired) electrons. The summed E-state index contributed by atoms with van der Waals surface area (Å²) in [6.07, 6.45) is 0. The number of amides is 1. The van der Waals surface area contributed by atoms with Gasteiger partial charge in [0, 0.05) is 28.8 Å². The molecule has 0 bridgehead atoms. The second kappa shape index (κ2) is 7.11. The van der Waals surface area contributed by atoms with Crippen molar-refractivity contribution < 1.29 is 17.7 Å². The van der Waals surface area contributed by atoms with E-state index in [4.69, 9.17) is 4.52 Å². The number of fused-ring (bicyclic) bond motifs is 1. The van der Waals surface area contributed by atoms with Crippen LogP contribution in [-0.2, 0) is 16.6 Å². The normalized spacial score (nSPS) is 12.7. The summed E-state index contributed by atoms with van der Waals surface area (Å²) in [7, 11) is -3.85. The van der Waals surface area contributed by atoms with Crippen LogP contribution < -0.4 is 10.0 Å². The highest BCUT2D eigenvalue weighted by Crippen LogP contribution is 2.26. The molecule has 1 aromatic heterocycles. The van der Waals surface area contributed by atoms with Crippen LogP contribution in [0.25, 0.3) is 0 Å². The standard InChI is InChI=1S/C21H17N3O4S/c1-13-14(2)28-23-19(13)10-9-15-5-3-6-16(11-15)29(26,27)24-20-8-4-7-17-18(20)12-22-21(17)25/h3-8,11,24H,12H2,1-2H3,(H,22,25). The molecule has 2 N–H and O–H groups in total. The Kier molecular flexibility index (Phi) is 4.60. The van der Waals surface area contributed by atoms with Crippen molar-refractivity contribution in [3.05, 3.63) is 76.2 Å². The van der Waals surface area contributed by atoms with Gasteiger partial charge >= 0.3 is 0 Å². The fourth-order valence-electron chi connectivity index (χ4n) is 2.96. The lowest BCUT2D eigenvalue weighted by Crippen LogP contribution is -2.14. The largest absolute Gasteiger partial charge is 0.360 e. The van der Waals surface area contributed by atoms with Crippen LogP contribution in [0.3, 0.4) is 0 Å². The molecule has 1 aliphatic rings. The minimum absolute atomic E-state index is 0.0761. The maximum Gasteiger partial charge on any atom is 0.261 e. The van der Waals surface area contributed by atoms with Crippen LogP contribution in [0.5, 0.6) is 0 Å². The lowest BCUT2D eigenvalue weighted by molar-refractivity contribution is 0.0965. The molecule has 0 saturated heterocycles. The smallest absolute Gasteiger partial charge is 0.261 e. The van der Waals surface area contributed by atoms with Gasteiger partial charge in [0.15, 0.2) is 5.69 Å². The summed E-state index contributed by atoms with van der Waals surface area (Å²) in [6.45, 7) is 3.95. The Labute approximate surface area is 168 Å². The van der Waals surface area contributed by atoms with Gasteiger partial charge < -0.3 is 9.84 Å². The van der Waals surface area contributed by atoms with E-state index < -0.39 is 10.0 Å². The number of hydrogen-bond donors (Lipinski definition) is 2. The number of aryl methyl sites for hydroxylation is 1. The number of sulfonamides is 1. The lowest BCUT2D eigenvalue weighted by atomic mass is 10.1. The van der Waals surface area contributed by atoms with Crippen molar-refractivity contribution >= 4 is 21.6 Å². The van der Waals surface area contributed by atoms with Crippen molar-refractivity contribution in [3.8, 4) is 11.8 Å². The number of anilines is 1. The van der Waals surface area contributed by atoms with E-state index in [0.29, 0.717) is 33.8 Å². The number of aromatic nitrogens is 1. The van der Waals surface area contributed by atoms with Gasteiger partial charge in [0.1, 0.15) is 5.76 Å². The van der Waals surface area contributed by atoms with E-state index in [1.807, 2.05) is 6.92 Å². The highest BCUT2D eigenvalue weighted by Gasteiger charge is 2.24. The molecule has 1 amide bonds. The van der Waals surface area contributed by atoms with Crippen molar-refractivity contribution in [1.29, 1.82) is 0 Å². The molecule has 0 aliphatic carbocycles. The number of nitrogens with one attached hydrogen (secondary N) is 2. The summed E-state index contributed by atoms with van der Waals surface area (Å²) in [4.78, 5) is 11.9. The van der Waals surface area contributed by atoms with Crippen LogP contribution in [0.4, 0.5) is 5.69 Å². The molecule has 0 unspecified atom stereocenters. The van der Waals surface area contributed by atoms with E-state index in [0.717, 1.165) is 5.56 Å². The third-order valence-corrected chi connectivity index (χ3v) is 6.08. The molecule has 2 aromatic carbocycles. The van der Waals surface area contributed by atoms with Gasteiger partial charge in [0.05, 0.1) is 10.6 Å². The predicted molar refractivity (Wildman–Crippen MR) is 107 cm³/mol. The van der Waals surface area contributed by atoms with Gasteiger partial charge in [-0.2, -0.15) is 0 Å². The maximum absolute atomic E-state index is 12.9. The van der Waals surface area contributed by atoms with Crippen molar-refractivity contribution in [2.24, 2.45) is 0 Å². The summed E-state index contributed by atoms with van der Waals surface area (Å²) in [5, 5.41) is 6.58. The van der Waals surface area contributed by atoms with Gasteiger partial charge in [-0.1, -0.05) is 23.2 Å². The first-order valence-electron chi connectivity index (χ1n) is 8.83. The topological polar surface area (TPSA) is 101 Å². The molecule has 146 valence electrons. The van der Waals surface area contributed by atoms with E-state index in [2.05, 4.69) is 27.0 Å². The molecular formula is C21H17N3O4S. The first kappa shape index (κ1) is 18.8. The van der Waals surface area contributed by atoms with E-state index in [9.17, 15) is 13.2 Å². The monoisotopic (exact) mass is 407 g/mol. The van der Waals surface area contributed by atoms with Crippen molar-refractivity contribution in [3.63, 3.8) is 0 Å². The van der Waals surface area contributed by atoms with Gasteiger partial charge in [-0.05, 0) is 50.1 Å². The van der Waals surface area contributed by atoms with Gasteiger partial charge in [-0.15, -0.1) is 0 Å². The minimum atomic E-state index is -3.85. The highest BCUT2D eigenvalue weighted by atomic mass is 32.2. The summed E-state index contributed by atoms with van der Waals surface area (Å²) < 4.78 is 33.4. The SMILES string of the molecule is Cc1onc(C#Cc2cccc(S(=O)(=O)Nc3cccc4c3CNC4=O)c2)c1C. The van der Waals surface area contributed by atoms with Crippen LogP contribution in [0.15, 0.2) is 51.9 Å². The number of carbonyl (C=O) groups excluding carboxylic acids is 1. The maximum atomic E-state index is 12.9.